The van der Waals surface area contributed by atoms with Crippen LogP contribution in [0.4, 0.5) is 0 Å². The van der Waals surface area contributed by atoms with Crippen molar-refractivity contribution in [2.24, 2.45) is 0 Å². The lowest BCUT2D eigenvalue weighted by Gasteiger charge is -2.28. The van der Waals surface area contributed by atoms with Crippen molar-refractivity contribution in [1.82, 2.24) is 5.32 Å². The number of hydrogen-bond acceptors (Lipinski definition) is 2. The summed E-state index contributed by atoms with van der Waals surface area (Å²) in [4.78, 5) is 0. The molecule has 0 amide bonds. The lowest BCUT2D eigenvalue weighted by Crippen LogP contribution is -2.26. The maximum absolute atomic E-state index is 5.65. The van der Waals surface area contributed by atoms with Crippen molar-refractivity contribution in [3.05, 3.63) is 27.7 Å². The Morgan fingerprint density at radius 3 is 2.94 bits per heavy atom. The summed E-state index contributed by atoms with van der Waals surface area (Å²) >= 11 is 3.69. The SMILES string of the molecule is CCCNC1CCCc2c(Br)cc(OCC)cc21. The number of fused-ring (bicyclic) bond motifs is 1. The van der Waals surface area contributed by atoms with Crippen molar-refractivity contribution in [1.29, 1.82) is 0 Å². The molecule has 0 aromatic heterocycles. The fourth-order valence-electron chi connectivity index (χ4n) is 2.63. The molecule has 18 heavy (non-hydrogen) atoms. The van der Waals surface area contributed by atoms with Gasteiger partial charge in [-0.15, -0.1) is 0 Å². The molecule has 0 saturated heterocycles. The molecule has 1 aliphatic carbocycles. The molecule has 0 spiro atoms. The number of rotatable bonds is 5. The van der Waals surface area contributed by atoms with Crippen molar-refractivity contribution < 1.29 is 4.74 Å². The molecule has 1 atom stereocenters. The Morgan fingerprint density at radius 2 is 2.22 bits per heavy atom. The van der Waals surface area contributed by atoms with Gasteiger partial charge in [0.1, 0.15) is 5.75 Å². The van der Waals surface area contributed by atoms with Crippen molar-refractivity contribution >= 4 is 15.9 Å². The number of halogens is 1. The predicted octanol–water partition coefficient (Wildman–Crippen LogP) is 4.22. The van der Waals surface area contributed by atoms with Gasteiger partial charge in [-0.2, -0.15) is 0 Å². The normalized spacial score (nSPS) is 18.5. The minimum absolute atomic E-state index is 0.491. The molecule has 0 bridgehead atoms. The number of nitrogens with one attached hydrogen (secondary N) is 1. The van der Waals surface area contributed by atoms with Crippen LogP contribution in [-0.4, -0.2) is 13.2 Å². The Balaban J connectivity index is 2.28. The van der Waals surface area contributed by atoms with E-state index in [1.165, 1.54) is 41.3 Å². The van der Waals surface area contributed by atoms with Crippen molar-refractivity contribution in [3.8, 4) is 5.75 Å². The van der Waals surface area contributed by atoms with E-state index in [1.807, 2.05) is 6.92 Å². The zero-order valence-electron chi connectivity index (χ0n) is 11.3. The van der Waals surface area contributed by atoms with Gasteiger partial charge in [-0.25, -0.2) is 0 Å². The molecule has 0 fully saturated rings. The monoisotopic (exact) mass is 311 g/mol. The van der Waals surface area contributed by atoms with Crippen LogP contribution in [0.25, 0.3) is 0 Å². The molecule has 0 radical (unpaired) electrons. The highest BCUT2D eigenvalue weighted by molar-refractivity contribution is 9.10. The summed E-state index contributed by atoms with van der Waals surface area (Å²) in [6.07, 6.45) is 4.85. The first-order valence-corrected chi connectivity index (χ1v) is 7.74. The number of hydrogen-bond donors (Lipinski definition) is 1. The maximum Gasteiger partial charge on any atom is 0.120 e. The molecule has 1 N–H and O–H groups in total. The third kappa shape index (κ3) is 3.07. The Labute approximate surface area is 118 Å². The van der Waals surface area contributed by atoms with E-state index in [1.54, 1.807) is 0 Å². The van der Waals surface area contributed by atoms with Crippen LogP contribution in [0.1, 0.15) is 50.3 Å². The molecule has 1 aliphatic rings. The molecule has 1 aromatic carbocycles. The highest BCUT2D eigenvalue weighted by Crippen LogP contribution is 2.37. The zero-order valence-corrected chi connectivity index (χ0v) is 12.8. The summed E-state index contributed by atoms with van der Waals surface area (Å²) < 4.78 is 6.85. The molecule has 3 heteroatoms. The van der Waals surface area contributed by atoms with Gasteiger partial charge in [-0.05, 0) is 62.4 Å². The minimum atomic E-state index is 0.491. The molecule has 0 aliphatic heterocycles. The van der Waals surface area contributed by atoms with Crippen molar-refractivity contribution in [2.75, 3.05) is 13.2 Å². The van der Waals surface area contributed by atoms with Crippen LogP contribution in [0, 0.1) is 0 Å². The minimum Gasteiger partial charge on any atom is -0.494 e. The van der Waals surface area contributed by atoms with E-state index in [-0.39, 0.29) is 0 Å². The van der Waals surface area contributed by atoms with Gasteiger partial charge in [0.15, 0.2) is 0 Å². The van der Waals surface area contributed by atoms with E-state index in [9.17, 15) is 0 Å². The molecular formula is C15H22BrNO. The second-order valence-electron chi connectivity index (χ2n) is 4.80. The first-order chi connectivity index (χ1) is 8.76. The summed E-state index contributed by atoms with van der Waals surface area (Å²) in [5.41, 5.74) is 2.88. The summed E-state index contributed by atoms with van der Waals surface area (Å²) in [6.45, 7) is 6.04. The third-order valence-corrected chi connectivity index (χ3v) is 4.16. The van der Waals surface area contributed by atoms with E-state index in [4.69, 9.17) is 4.74 Å². The zero-order chi connectivity index (χ0) is 13.0. The predicted molar refractivity (Wildman–Crippen MR) is 79.3 cm³/mol. The van der Waals surface area contributed by atoms with Crippen LogP contribution in [0.3, 0.4) is 0 Å². The highest BCUT2D eigenvalue weighted by Gasteiger charge is 2.22. The molecule has 0 saturated carbocycles. The quantitative estimate of drug-likeness (QED) is 0.879. The first kappa shape index (κ1) is 13.9. The van der Waals surface area contributed by atoms with Gasteiger partial charge in [0, 0.05) is 10.5 Å². The third-order valence-electron chi connectivity index (χ3n) is 3.45. The second-order valence-corrected chi connectivity index (χ2v) is 5.66. The fraction of sp³-hybridized carbons (Fsp3) is 0.600. The average Bonchev–Trinajstić information content (AvgIpc) is 2.37. The topological polar surface area (TPSA) is 21.3 Å². The number of benzene rings is 1. The Morgan fingerprint density at radius 1 is 1.39 bits per heavy atom. The van der Waals surface area contributed by atoms with Crippen LogP contribution in [0.15, 0.2) is 16.6 Å². The molecule has 0 heterocycles. The van der Waals surface area contributed by atoms with Gasteiger partial charge < -0.3 is 10.1 Å². The van der Waals surface area contributed by atoms with Gasteiger partial charge in [-0.1, -0.05) is 22.9 Å². The van der Waals surface area contributed by atoms with Gasteiger partial charge in [0.2, 0.25) is 0 Å². The van der Waals surface area contributed by atoms with E-state index < -0.39 is 0 Å². The lowest BCUT2D eigenvalue weighted by molar-refractivity contribution is 0.338. The second kappa shape index (κ2) is 6.58. The summed E-state index contributed by atoms with van der Waals surface area (Å²) in [5.74, 6) is 0.980. The van der Waals surface area contributed by atoms with Gasteiger partial charge in [-0.3, -0.25) is 0 Å². The summed E-state index contributed by atoms with van der Waals surface area (Å²) in [7, 11) is 0. The summed E-state index contributed by atoms with van der Waals surface area (Å²) in [5, 5.41) is 3.65. The van der Waals surface area contributed by atoms with Crippen molar-refractivity contribution in [2.45, 2.75) is 45.6 Å². The lowest BCUT2D eigenvalue weighted by atomic mass is 9.87. The largest absolute Gasteiger partial charge is 0.494 e. The van der Waals surface area contributed by atoms with E-state index in [0.717, 1.165) is 18.9 Å². The Kier molecular flexibility index (Phi) is 5.07. The van der Waals surface area contributed by atoms with Crippen LogP contribution >= 0.6 is 15.9 Å². The molecule has 2 nitrogen and oxygen atoms in total. The van der Waals surface area contributed by atoms with E-state index >= 15 is 0 Å². The van der Waals surface area contributed by atoms with Gasteiger partial charge >= 0.3 is 0 Å². The van der Waals surface area contributed by atoms with Crippen LogP contribution in [0.2, 0.25) is 0 Å². The number of ether oxygens (including phenoxy) is 1. The van der Waals surface area contributed by atoms with Crippen LogP contribution in [-0.2, 0) is 6.42 Å². The molecule has 1 aromatic rings. The first-order valence-electron chi connectivity index (χ1n) is 6.94. The standard InChI is InChI=1S/C15H22BrNO/c1-3-8-17-15-7-5-6-12-13(15)9-11(18-4-2)10-14(12)16/h9-10,15,17H,3-8H2,1-2H3. The molecular weight excluding hydrogens is 290 g/mol. The van der Waals surface area contributed by atoms with Gasteiger partial charge in [0.05, 0.1) is 6.61 Å². The Hall–Kier alpha value is -0.540. The molecule has 2 rings (SSSR count). The van der Waals surface area contributed by atoms with Crippen LogP contribution < -0.4 is 10.1 Å². The molecule has 1 unspecified atom stereocenters. The fourth-order valence-corrected chi connectivity index (χ4v) is 3.28. The van der Waals surface area contributed by atoms with Gasteiger partial charge in [0.25, 0.3) is 0 Å². The van der Waals surface area contributed by atoms with Crippen molar-refractivity contribution in [3.63, 3.8) is 0 Å². The maximum atomic E-state index is 5.65. The summed E-state index contributed by atoms with van der Waals surface area (Å²) in [6, 6.07) is 4.81. The smallest absolute Gasteiger partial charge is 0.120 e. The average molecular weight is 312 g/mol. The molecule has 100 valence electrons. The highest BCUT2D eigenvalue weighted by atomic mass is 79.9. The van der Waals surface area contributed by atoms with Crippen LogP contribution in [0.5, 0.6) is 5.75 Å². The Bertz CT molecular complexity index is 406. The van der Waals surface area contributed by atoms with E-state index in [0.29, 0.717) is 6.04 Å². The van der Waals surface area contributed by atoms with E-state index in [2.05, 4.69) is 40.3 Å².